The maximum atomic E-state index is 12.6. The monoisotopic (exact) mass is 285 g/mol. The number of aliphatic hydroxyl groups excluding tert-OH is 1. The Morgan fingerprint density at radius 3 is 2.60 bits per heavy atom. The number of hydrogen-bond acceptors (Lipinski definition) is 4. The summed E-state index contributed by atoms with van der Waals surface area (Å²) in [5.74, 6) is -1.63. The Bertz CT molecular complexity index is 373. The molecule has 1 amide bonds. The number of amides is 1. The van der Waals surface area contributed by atoms with Gasteiger partial charge in [0.25, 0.3) is 0 Å². The van der Waals surface area contributed by atoms with Crippen LogP contribution in [0.3, 0.4) is 0 Å². The molecule has 1 saturated heterocycles. The topological polar surface area (TPSA) is 87.1 Å². The molecule has 1 aliphatic carbocycles. The van der Waals surface area contributed by atoms with Gasteiger partial charge >= 0.3 is 5.97 Å². The Balaban J connectivity index is 2.04. The molecule has 0 radical (unpaired) electrons. The first-order valence-corrected chi connectivity index (χ1v) is 7.30. The molecule has 114 valence electrons. The lowest BCUT2D eigenvalue weighted by Gasteiger charge is -2.34. The molecular formula is C14H23NO5. The quantitative estimate of drug-likeness (QED) is 0.778. The predicted molar refractivity (Wildman–Crippen MR) is 71.0 cm³/mol. The highest BCUT2D eigenvalue weighted by Gasteiger charge is 2.44. The van der Waals surface area contributed by atoms with Gasteiger partial charge in [0.1, 0.15) is 0 Å². The van der Waals surface area contributed by atoms with E-state index in [4.69, 9.17) is 9.84 Å². The van der Waals surface area contributed by atoms with Gasteiger partial charge in [0.05, 0.1) is 31.2 Å². The standard InChI is InChI=1S/C14H23NO5/c1-2-9-5-11(12(6-9)14(18)19)13(17)15-3-4-20-10(7-15)8-16/h9-12,16H,2-8H2,1H3,(H,18,19). The van der Waals surface area contributed by atoms with Crippen molar-refractivity contribution in [3.05, 3.63) is 0 Å². The van der Waals surface area contributed by atoms with Crippen LogP contribution in [0.25, 0.3) is 0 Å². The molecule has 1 aliphatic heterocycles. The Labute approximate surface area is 118 Å². The summed E-state index contributed by atoms with van der Waals surface area (Å²) in [6.07, 6.45) is 1.82. The Morgan fingerprint density at radius 1 is 1.30 bits per heavy atom. The van der Waals surface area contributed by atoms with Crippen molar-refractivity contribution in [2.45, 2.75) is 32.3 Å². The first-order valence-electron chi connectivity index (χ1n) is 7.30. The van der Waals surface area contributed by atoms with Gasteiger partial charge in [-0.25, -0.2) is 0 Å². The number of aliphatic carboxylic acids is 1. The van der Waals surface area contributed by atoms with Gasteiger partial charge < -0.3 is 19.8 Å². The van der Waals surface area contributed by atoms with Crippen LogP contribution in [-0.2, 0) is 14.3 Å². The summed E-state index contributed by atoms with van der Waals surface area (Å²) >= 11 is 0. The van der Waals surface area contributed by atoms with Crippen molar-refractivity contribution in [2.75, 3.05) is 26.3 Å². The summed E-state index contributed by atoms with van der Waals surface area (Å²) in [4.78, 5) is 25.6. The molecule has 1 heterocycles. The summed E-state index contributed by atoms with van der Waals surface area (Å²) in [5.41, 5.74) is 0. The van der Waals surface area contributed by atoms with Crippen LogP contribution in [0.4, 0.5) is 0 Å². The molecular weight excluding hydrogens is 262 g/mol. The van der Waals surface area contributed by atoms with E-state index in [1.807, 2.05) is 6.92 Å². The van der Waals surface area contributed by atoms with E-state index in [0.717, 1.165) is 6.42 Å². The first-order chi connectivity index (χ1) is 9.56. The van der Waals surface area contributed by atoms with E-state index >= 15 is 0 Å². The summed E-state index contributed by atoms with van der Waals surface area (Å²) < 4.78 is 5.33. The average molecular weight is 285 g/mol. The van der Waals surface area contributed by atoms with Crippen molar-refractivity contribution in [3.63, 3.8) is 0 Å². The number of morpholine rings is 1. The van der Waals surface area contributed by atoms with Crippen LogP contribution in [0.2, 0.25) is 0 Å². The molecule has 4 unspecified atom stereocenters. The van der Waals surface area contributed by atoms with E-state index in [0.29, 0.717) is 38.5 Å². The number of carbonyl (C=O) groups excluding carboxylic acids is 1. The van der Waals surface area contributed by atoms with Crippen LogP contribution < -0.4 is 0 Å². The average Bonchev–Trinajstić information content (AvgIpc) is 2.91. The normalized spacial score (nSPS) is 34.2. The third-order valence-electron chi connectivity index (χ3n) is 4.53. The van der Waals surface area contributed by atoms with Gasteiger partial charge in [-0.1, -0.05) is 13.3 Å². The number of carbonyl (C=O) groups is 2. The third kappa shape index (κ3) is 3.12. The summed E-state index contributed by atoms with van der Waals surface area (Å²) in [6, 6.07) is 0. The summed E-state index contributed by atoms with van der Waals surface area (Å²) in [6.45, 7) is 3.16. The Hall–Kier alpha value is -1.14. The molecule has 2 fully saturated rings. The lowest BCUT2D eigenvalue weighted by atomic mass is 9.94. The number of nitrogens with zero attached hydrogens (tertiary/aromatic N) is 1. The molecule has 4 atom stereocenters. The molecule has 0 spiro atoms. The number of hydrogen-bond donors (Lipinski definition) is 2. The van der Waals surface area contributed by atoms with E-state index in [-0.39, 0.29) is 18.6 Å². The minimum absolute atomic E-state index is 0.0879. The van der Waals surface area contributed by atoms with Crippen LogP contribution in [0.1, 0.15) is 26.2 Å². The number of carboxylic acids is 1. The van der Waals surface area contributed by atoms with Crippen LogP contribution >= 0.6 is 0 Å². The SMILES string of the molecule is CCC1CC(C(=O)O)C(C(=O)N2CCOC(CO)C2)C1. The highest BCUT2D eigenvalue weighted by Crippen LogP contribution is 2.39. The van der Waals surface area contributed by atoms with E-state index in [1.165, 1.54) is 0 Å². The first kappa shape index (κ1) is 15.3. The lowest BCUT2D eigenvalue weighted by molar-refractivity contribution is -0.153. The zero-order chi connectivity index (χ0) is 14.7. The molecule has 0 aromatic heterocycles. The van der Waals surface area contributed by atoms with Gasteiger partial charge in [0, 0.05) is 13.1 Å². The van der Waals surface area contributed by atoms with Crippen molar-refractivity contribution in [1.82, 2.24) is 4.90 Å². The minimum Gasteiger partial charge on any atom is -0.481 e. The largest absolute Gasteiger partial charge is 0.481 e. The van der Waals surface area contributed by atoms with Crippen molar-refractivity contribution in [1.29, 1.82) is 0 Å². The van der Waals surface area contributed by atoms with Crippen molar-refractivity contribution in [3.8, 4) is 0 Å². The Kier molecular flexibility index (Phi) is 4.99. The number of rotatable bonds is 4. The molecule has 0 aromatic carbocycles. The zero-order valence-electron chi connectivity index (χ0n) is 11.8. The Morgan fingerprint density at radius 2 is 2.00 bits per heavy atom. The maximum Gasteiger partial charge on any atom is 0.307 e. The third-order valence-corrected chi connectivity index (χ3v) is 4.53. The molecule has 0 bridgehead atoms. The summed E-state index contributed by atoms with van der Waals surface area (Å²) in [5, 5.41) is 18.4. The number of ether oxygens (including phenoxy) is 1. The van der Waals surface area contributed by atoms with Gasteiger partial charge in [0.2, 0.25) is 5.91 Å². The van der Waals surface area contributed by atoms with Crippen LogP contribution in [-0.4, -0.2) is 59.4 Å². The molecule has 2 N–H and O–H groups in total. The van der Waals surface area contributed by atoms with Crippen molar-refractivity contribution >= 4 is 11.9 Å². The molecule has 2 rings (SSSR count). The van der Waals surface area contributed by atoms with Gasteiger partial charge in [0.15, 0.2) is 0 Å². The van der Waals surface area contributed by atoms with Crippen LogP contribution in [0.5, 0.6) is 0 Å². The molecule has 2 aliphatic rings. The lowest BCUT2D eigenvalue weighted by Crippen LogP contribution is -2.49. The van der Waals surface area contributed by atoms with E-state index in [1.54, 1.807) is 4.90 Å². The highest BCUT2D eigenvalue weighted by molar-refractivity contribution is 5.85. The van der Waals surface area contributed by atoms with E-state index in [2.05, 4.69) is 0 Å². The molecule has 6 heteroatoms. The number of aliphatic hydroxyl groups is 1. The fourth-order valence-corrected chi connectivity index (χ4v) is 3.29. The fraction of sp³-hybridized carbons (Fsp3) is 0.857. The second kappa shape index (κ2) is 6.54. The van der Waals surface area contributed by atoms with Crippen molar-refractivity contribution < 1.29 is 24.5 Å². The fourth-order valence-electron chi connectivity index (χ4n) is 3.29. The predicted octanol–water partition coefficient (Wildman–Crippen LogP) is 0.343. The van der Waals surface area contributed by atoms with E-state index < -0.39 is 17.8 Å². The molecule has 1 saturated carbocycles. The van der Waals surface area contributed by atoms with Gasteiger partial charge in [-0.3, -0.25) is 9.59 Å². The number of carboxylic acid groups (broad SMARTS) is 1. The van der Waals surface area contributed by atoms with Gasteiger partial charge in [-0.2, -0.15) is 0 Å². The van der Waals surface area contributed by atoms with Crippen molar-refractivity contribution in [2.24, 2.45) is 17.8 Å². The molecule has 20 heavy (non-hydrogen) atoms. The van der Waals surface area contributed by atoms with E-state index in [9.17, 15) is 14.7 Å². The van der Waals surface area contributed by atoms with Gasteiger partial charge in [-0.15, -0.1) is 0 Å². The van der Waals surface area contributed by atoms with Crippen LogP contribution in [0.15, 0.2) is 0 Å². The zero-order valence-corrected chi connectivity index (χ0v) is 11.8. The second-order valence-electron chi connectivity index (χ2n) is 5.76. The molecule has 0 aromatic rings. The smallest absolute Gasteiger partial charge is 0.307 e. The maximum absolute atomic E-state index is 12.6. The molecule has 6 nitrogen and oxygen atoms in total. The van der Waals surface area contributed by atoms with Gasteiger partial charge in [-0.05, 0) is 18.8 Å². The minimum atomic E-state index is -0.869. The second-order valence-corrected chi connectivity index (χ2v) is 5.76. The van der Waals surface area contributed by atoms with Crippen LogP contribution in [0, 0.1) is 17.8 Å². The highest BCUT2D eigenvalue weighted by atomic mass is 16.5. The summed E-state index contributed by atoms with van der Waals surface area (Å²) in [7, 11) is 0.